The molecule has 5 nitrogen and oxygen atoms in total. The van der Waals surface area contributed by atoms with Crippen molar-refractivity contribution in [2.24, 2.45) is 5.92 Å². The summed E-state index contributed by atoms with van der Waals surface area (Å²) < 4.78 is 27.3. The SMILES string of the molecule is CCNCCNC(=O)C(NC(=O)c1c(F)cccc1F)C(C)C.Cl. The molecule has 0 aliphatic carbocycles. The Morgan fingerprint density at radius 3 is 2.21 bits per heavy atom. The van der Waals surface area contributed by atoms with E-state index in [0.29, 0.717) is 13.1 Å². The predicted octanol–water partition coefficient (Wildman–Crippen LogP) is 1.87. The zero-order valence-electron chi connectivity index (χ0n) is 14.0. The Balaban J connectivity index is 0.00000529. The van der Waals surface area contributed by atoms with Crippen molar-refractivity contribution in [3.05, 3.63) is 35.4 Å². The second-order valence-corrected chi connectivity index (χ2v) is 5.44. The first kappa shape index (κ1) is 22.3. The Morgan fingerprint density at radius 1 is 1.12 bits per heavy atom. The zero-order chi connectivity index (χ0) is 17.4. The molecule has 0 fully saturated rings. The lowest BCUT2D eigenvalue weighted by Gasteiger charge is -2.22. The molecule has 24 heavy (non-hydrogen) atoms. The number of hydrogen-bond donors (Lipinski definition) is 3. The summed E-state index contributed by atoms with van der Waals surface area (Å²) in [4.78, 5) is 24.2. The normalized spacial score (nSPS) is 11.6. The molecule has 1 unspecified atom stereocenters. The Labute approximate surface area is 147 Å². The van der Waals surface area contributed by atoms with E-state index in [1.165, 1.54) is 6.07 Å². The highest BCUT2D eigenvalue weighted by Crippen LogP contribution is 2.13. The topological polar surface area (TPSA) is 70.2 Å². The largest absolute Gasteiger partial charge is 0.353 e. The summed E-state index contributed by atoms with van der Waals surface area (Å²) >= 11 is 0. The number of rotatable bonds is 8. The van der Waals surface area contributed by atoms with E-state index in [-0.39, 0.29) is 24.2 Å². The van der Waals surface area contributed by atoms with Crippen molar-refractivity contribution in [2.45, 2.75) is 26.8 Å². The van der Waals surface area contributed by atoms with Crippen LogP contribution < -0.4 is 16.0 Å². The summed E-state index contributed by atoms with van der Waals surface area (Å²) in [5, 5.41) is 8.14. The molecule has 1 rings (SSSR count). The lowest BCUT2D eigenvalue weighted by atomic mass is 10.0. The van der Waals surface area contributed by atoms with Crippen LogP contribution in [0.2, 0.25) is 0 Å². The van der Waals surface area contributed by atoms with Gasteiger partial charge in [-0.25, -0.2) is 8.78 Å². The lowest BCUT2D eigenvalue weighted by molar-refractivity contribution is -0.123. The number of likely N-dealkylation sites (N-methyl/N-ethyl adjacent to an activating group) is 1. The molecule has 3 N–H and O–H groups in total. The van der Waals surface area contributed by atoms with Gasteiger partial charge in [-0.3, -0.25) is 9.59 Å². The summed E-state index contributed by atoms with van der Waals surface area (Å²) in [5.74, 6) is -3.48. The fraction of sp³-hybridized carbons (Fsp3) is 0.500. The van der Waals surface area contributed by atoms with Gasteiger partial charge in [-0.1, -0.05) is 26.8 Å². The molecule has 0 saturated carbocycles. The van der Waals surface area contributed by atoms with Gasteiger partial charge in [0, 0.05) is 13.1 Å². The highest BCUT2D eigenvalue weighted by atomic mass is 35.5. The fourth-order valence-corrected chi connectivity index (χ4v) is 2.02. The molecule has 0 spiro atoms. The molecule has 0 radical (unpaired) electrons. The molecule has 0 saturated heterocycles. The van der Waals surface area contributed by atoms with Crippen LogP contribution in [0.4, 0.5) is 8.78 Å². The number of carbonyl (C=O) groups excluding carboxylic acids is 2. The van der Waals surface area contributed by atoms with E-state index < -0.39 is 29.1 Å². The van der Waals surface area contributed by atoms with Crippen LogP contribution in [0, 0.1) is 17.6 Å². The van der Waals surface area contributed by atoms with E-state index in [0.717, 1.165) is 18.7 Å². The van der Waals surface area contributed by atoms with Crippen molar-refractivity contribution in [3.63, 3.8) is 0 Å². The summed E-state index contributed by atoms with van der Waals surface area (Å²) in [6, 6.07) is 2.30. The first-order valence-electron chi connectivity index (χ1n) is 7.61. The van der Waals surface area contributed by atoms with Gasteiger partial charge in [-0.2, -0.15) is 0 Å². The van der Waals surface area contributed by atoms with E-state index in [9.17, 15) is 18.4 Å². The molecule has 2 amide bonds. The average molecular weight is 364 g/mol. The maximum Gasteiger partial charge on any atom is 0.257 e. The summed E-state index contributed by atoms with van der Waals surface area (Å²) in [5.41, 5.74) is -0.682. The van der Waals surface area contributed by atoms with Crippen LogP contribution in [0.25, 0.3) is 0 Å². The third-order valence-corrected chi connectivity index (χ3v) is 3.28. The van der Waals surface area contributed by atoms with E-state index in [1.807, 2.05) is 6.92 Å². The van der Waals surface area contributed by atoms with E-state index in [2.05, 4.69) is 16.0 Å². The first-order chi connectivity index (χ1) is 10.9. The minimum atomic E-state index is -0.961. The summed E-state index contributed by atoms with van der Waals surface area (Å²) in [6.45, 7) is 7.22. The molecule has 1 aromatic carbocycles. The highest BCUT2D eigenvalue weighted by molar-refractivity contribution is 5.98. The molecule has 0 heterocycles. The Morgan fingerprint density at radius 2 is 1.71 bits per heavy atom. The Bertz CT molecular complexity index is 536. The zero-order valence-corrected chi connectivity index (χ0v) is 14.8. The molecular formula is C16H24ClF2N3O2. The number of halogens is 3. The van der Waals surface area contributed by atoms with Gasteiger partial charge in [0.05, 0.1) is 0 Å². The van der Waals surface area contributed by atoms with Crippen molar-refractivity contribution in [1.29, 1.82) is 0 Å². The number of carbonyl (C=O) groups is 2. The van der Waals surface area contributed by atoms with Crippen LogP contribution >= 0.6 is 12.4 Å². The van der Waals surface area contributed by atoms with E-state index in [1.54, 1.807) is 13.8 Å². The van der Waals surface area contributed by atoms with Crippen molar-refractivity contribution >= 4 is 24.2 Å². The molecule has 1 aromatic rings. The van der Waals surface area contributed by atoms with Gasteiger partial charge in [-0.05, 0) is 24.6 Å². The third kappa shape index (κ3) is 6.41. The van der Waals surface area contributed by atoms with Crippen molar-refractivity contribution in [3.8, 4) is 0 Å². The van der Waals surface area contributed by atoms with Crippen molar-refractivity contribution in [2.75, 3.05) is 19.6 Å². The van der Waals surface area contributed by atoms with Gasteiger partial charge < -0.3 is 16.0 Å². The molecule has 0 aliphatic heterocycles. The molecular weight excluding hydrogens is 340 g/mol. The summed E-state index contributed by atoms with van der Waals surface area (Å²) in [6.07, 6.45) is 0. The van der Waals surface area contributed by atoms with Gasteiger partial charge in [-0.15, -0.1) is 12.4 Å². The second kappa shape index (κ2) is 10.9. The van der Waals surface area contributed by atoms with E-state index in [4.69, 9.17) is 0 Å². The van der Waals surface area contributed by atoms with E-state index >= 15 is 0 Å². The predicted molar refractivity (Wildman–Crippen MR) is 91.3 cm³/mol. The second-order valence-electron chi connectivity index (χ2n) is 5.44. The monoisotopic (exact) mass is 363 g/mol. The van der Waals surface area contributed by atoms with Crippen molar-refractivity contribution in [1.82, 2.24) is 16.0 Å². The molecule has 0 bridgehead atoms. The minimum absolute atomic E-state index is 0. The van der Waals surface area contributed by atoms with Crippen LogP contribution in [-0.2, 0) is 4.79 Å². The Hall–Kier alpha value is -1.73. The number of hydrogen-bond acceptors (Lipinski definition) is 3. The first-order valence-corrected chi connectivity index (χ1v) is 7.61. The average Bonchev–Trinajstić information content (AvgIpc) is 2.48. The van der Waals surface area contributed by atoms with Crippen LogP contribution in [0.3, 0.4) is 0 Å². The summed E-state index contributed by atoms with van der Waals surface area (Å²) in [7, 11) is 0. The van der Waals surface area contributed by atoms with Crippen molar-refractivity contribution < 1.29 is 18.4 Å². The lowest BCUT2D eigenvalue weighted by Crippen LogP contribution is -2.51. The quantitative estimate of drug-likeness (QED) is 0.617. The maximum atomic E-state index is 13.6. The van der Waals surface area contributed by atoms with Crippen LogP contribution in [0.5, 0.6) is 0 Å². The standard InChI is InChI=1S/C16H23F2N3O2.ClH/c1-4-19-8-9-20-16(23)14(10(2)3)21-15(22)13-11(17)6-5-7-12(13)18;/h5-7,10,14,19H,4,8-9H2,1-3H3,(H,20,23)(H,21,22);1H. The van der Waals surface area contributed by atoms with Gasteiger partial charge in [0.25, 0.3) is 5.91 Å². The maximum absolute atomic E-state index is 13.6. The smallest absolute Gasteiger partial charge is 0.257 e. The minimum Gasteiger partial charge on any atom is -0.353 e. The van der Waals surface area contributed by atoms with Gasteiger partial charge >= 0.3 is 0 Å². The van der Waals surface area contributed by atoms with Gasteiger partial charge in [0.1, 0.15) is 23.2 Å². The molecule has 1 atom stereocenters. The van der Waals surface area contributed by atoms with Gasteiger partial charge in [0.15, 0.2) is 0 Å². The van der Waals surface area contributed by atoms with Crippen LogP contribution in [0.1, 0.15) is 31.1 Å². The third-order valence-electron chi connectivity index (χ3n) is 3.28. The highest BCUT2D eigenvalue weighted by Gasteiger charge is 2.26. The van der Waals surface area contributed by atoms with Crippen LogP contribution in [-0.4, -0.2) is 37.5 Å². The molecule has 0 aliphatic rings. The number of benzene rings is 1. The molecule has 8 heteroatoms. The Kier molecular flexibility index (Phi) is 10.1. The molecule has 0 aromatic heterocycles. The number of amides is 2. The fourth-order valence-electron chi connectivity index (χ4n) is 2.02. The van der Waals surface area contributed by atoms with Crippen LogP contribution in [0.15, 0.2) is 18.2 Å². The molecule has 136 valence electrons. The number of nitrogens with one attached hydrogen (secondary N) is 3. The van der Waals surface area contributed by atoms with Gasteiger partial charge in [0.2, 0.25) is 5.91 Å².